The van der Waals surface area contributed by atoms with Gasteiger partial charge in [0.2, 0.25) is 0 Å². The van der Waals surface area contributed by atoms with Crippen molar-refractivity contribution in [1.29, 1.82) is 0 Å². The van der Waals surface area contributed by atoms with Gasteiger partial charge in [0.05, 0.1) is 5.69 Å². The molecule has 0 saturated carbocycles. The molecule has 2 aromatic rings. The Morgan fingerprint density at radius 3 is 2.70 bits per heavy atom. The van der Waals surface area contributed by atoms with E-state index in [1.165, 1.54) is 5.69 Å². The number of nitrogens with zero attached hydrogens (tertiary/aromatic N) is 6. The van der Waals surface area contributed by atoms with Gasteiger partial charge in [-0.2, -0.15) is 5.10 Å². The summed E-state index contributed by atoms with van der Waals surface area (Å²) in [4.78, 5) is 13.1. The molecule has 23 heavy (non-hydrogen) atoms. The van der Waals surface area contributed by atoms with Crippen molar-refractivity contribution in [3.8, 4) is 0 Å². The molecule has 2 aromatic heterocycles. The normalized spacial score (nSPS) is 16.5. The van der Waals surface area contributed by atoms with Crippen LogP contribution in [-0.4, -0.2) is 57.9 Å². The Balaban J connectivity index is 1.51. The first kappa shape index (κ1) is 15.7. The van der Waals surface area contributed by atoms with Crippen LogP contribution in [0.4, 0.5) is 11.6 Å². The molecule has 0 atom stereocenters. The molecule has 124 valence electrons. The van der Waals surface area contributed by atoms with E-state index in [0.717, 1.165) is 44.1 Å². The van der Waals surface area contributed by atoms with Gasteiger partial charge in [-0.1, -0.05) is 0 Å². The molecule has 0 bridgehead atoms. The number of rotatable bonds is 5. The van der Waals surface area contributed by atoms with E-state index in [1.807, 2.05) is 43.0 Å². The second-order valence-corrected chi connectivity index (χ2v) is 6.30. The molecule has 0 unspecified atom stereocenters. The third kappa shape index (κ3) is 3.98. The van der Waals surface area contributed by atoms with Gasteiger partial charge in [0.25, 0.3) is 0 Å². The second-order valence-electron chi connectivity index (χ2n) is 6.30. The molecule has 7 nitrogen and oxygen atoms in total. The maximum atomic E-state index is 4.33. The van der Waals surface area contributed by atoms with E-state index in [-0.39, 0.29) is 0 Å². The van der Waals surface area contributed by atoms with E-state index in [9.17, 15) is 0 Å². The molecule has 3 rings (SSSR count). The lowest BCUT2D eigenvalue weighted by Crippen LogP contribution is -2.39. The summed E-state index contributed by atoms with van der Waals surface area (Å²) >= 11 is 0. The Bertz CT molecular complexity index is 629. The molecule has 0 spiro atoms. The molecule has 1 fully saturated rings. The lowest BCUT2D eigenvalue weighted by atomic mass is 10.0. The average molecular weight is 315 g/mol. The molecule has 1 N–H and O–H groups in total. The minimum Gasteiger partial charge on any atom is -0.367 e. The number of likely N-dealkylation sites (tertiary alicyclic amines) is 1. The summed E-state index contributed by atoms with van der Waals surface area (Å²) in [5.74, 6) is 1.84. The van der Waals surface area contributed by atoms with E-state index in [1.54, 1.807) is 6.33 Å². The smallest absolute Gasteiger partial charge is 0.133 e. The Morgan fingerprint density at radius 2 is 2.04 bits per heavy atom. The Labute approximate surface area is 137 Å². The minimum atomic E-state index is 0.475. The van der Waals surface area contributed by atoms with Gasteiger partial charge in [0.1, 0.15) is 18.0 Å². The molecule has 1 saturated heterocycles. The van der Waals surface area contributed by atoms with Crippen LogP contribution in [0.5, 0.6) is 0 Å². The lowest BCUT2D eigenvalue weighted by Gasteiger charge is -2.32. The summed E-state index contributed by atoms with van der Waals surface area (Å²) in [6, 6.07) is 4.57. The van der Waals surface area contributed by atoms with Gasteiger partial charge in [-0.05, 0) is 18.9 Å². The van der Waals surface area contributed by atoms with Gasteiger partial charge in [-0.3, -0.25) is 9.58 Å². The number of hydrogen-bond donors (Lipinski definition) is 1. The third-order valence-electron chi connectivity index (χ3n) is 4.36. The van der Waals surface area contributed by atoms with Crippen LogP contribution in [0.2, 0.25) is 0 Å². The fourth-order valence-electron chi connectivity index (χ4n) is 2.90. The van der Waals surface area contributed by atoms with Crippen LogP contribution in [0.15, 0.2) is 24.7 Å². The zero-order valence-electron chi connectivity index (χ0n) is 14.1. The number of aromatic nitrogens is 4. The topological polar surface area (TPSA) is 62.1 Å². The Hall–Kier alpha value is -2.15. The van der Waals surface area contributed by atoms with Crippen LogP contribution in [0.1, 0.15) is 18.5 Å². The molecule has 1 aliphatic rings. The number of anilines is 2. The van der Waals surface area contributed by atoms with Crippen LogP contribution >= 0.6 is 0 Å². The molecule has 1 aliphatic heterocycles. The number of hydrogen-bond acceptors (Lipinski definition) is 6. The maximum Gasteiger partial charge on any atom is 0.133 e. The maximum absolute atomic E-state index is 4.33. The second kappa shape index (κ2) is 6.95. The van der Waals surface area contributed by atoms with Crippen LogP contribution < -0.4 is 10.2 Å². The third-order valence-corrected chi connectivity index (χ3v) is 4.36. The van der Waals surface area contributed by atoms with E-state index < -0.39 is 0 Å². The zero-order valence-corrected chi connectivity index (χ0v) is 14.1. The highest BCUT2D eigenvalue weighted by atomic mass is 15.3. The zero-order chi connectivity index (χ0) is 16.2. The number of aryl methyl sites for hydroxylation is 1. The molecule has 0 aliphatic carbocycles. The Kier molecular flexibility index (Phi) is 4.76. The van der Waals surface area contributed by atoms with Crippen molar-refractivity contribution in [1.82, 2.24) is 24.6 Å². The Morgan fingerprint density at radius 1 is 1.26 bits per heavy atom. The van der Waals surface area contributed by atoms with Crippen molar-refractivity contribution >= 4 is 11.6 Å². The van der Waals surface area contributed by atoms with E-state index >= 15 is 0 Å². The predicted molar refractivity (Wildman–Crippen MR) is 91.5 cm³/mol. The summed E-state index contributed by atoms with van der Waals surface area (Å²) in [6.07, 6.45) is 5.73. The number of piperidine rings is 1. The molecule has 0 aromatic carbocycles. The van der Waals surface area contributed by atoms with Gasteiger partial charge in [0, 0.05) is 59.1 Å². The van der Waals surface area contributed by atoms with Crippen molar-refractivity contribution < 1.29 is 0 Å². The van der Waals surface area contributed by atoms with Crippen LogP contribution in [-0.2, 0) is 13.6 Å². The van der Waals surface area contributed by atoms with Crippen LogP contribution in [0.25, 0.3) is 0 Å². The van der Waals surface area contributed by atoms with Crippen molar-refractivity contribution in [3.05, 3.63) is 30.4 Å². The fourth-order valence-corrected chi connectivity index (χ4v) is 2.90. The van der Waals surface area contributed by atoms with Gasteiger partial charge in [0.15, 0.2) is 0 Å². The van der Waals surface area contributed by atoms with Gasteiger partial charge < -0.3 is 10.2 Å². The molecular formula is C16H25N7. The lowest BCUT2D eigenvalue weighted by molar-refractivity contribution is 0.206. The first-order chi connectivity index (χ1) is 11.1. The van der Waals surface area contributed by atoms with Crippen LogP contribution in [0, 0.1) is 0 Å². The standard InChI is InChI=1S/C16H25N7/c1-21(2)16-10-15(17-12-18-16)20-13-5-8-23(9-6-13)11-14-4-7-19-22(14)3/h4,7,10,12-13H,5-6,8-9,11H2,1-3H3,(H,17,18,20). The molecule has 3 heterocycles. The van der Waals surface area contributed by atoms with Crippen LogP contribution in [0.3, 0.4) is 0 Å². The van der Waals surface area contributed by atoms with E-state index in [2.05, 4.69) is 31.3 Å². The average Bonchev–Trinajstić information content (AvgIpc) is 2.95. The highest BCUT2D eigenvalue weighted by molar-refractivity contribution is 5.47. The summed E-state index contributed by atoms with van der Waals surface area (Å²) in [6.45, 7) is 3.16. The number of nitrogens with one attached hydrogen (secondary N) is 1. The van der Waals surface area contributed by atoms with Gasteiger partial charge in [-0.25, -0.2) is 9.97 Å². The highest BCUT2D eigenvalue weighted by Gasteiger charge is 2.20. The molecule has 0 amide bonds. The van der Waals surface area contributed by atoms with Crippen molar-refractivity contribution in [3.63, 3.8) is 0 Å². The minimum absolute atomic E-state index is 0.475. The first-order valence-corrected chi connectivity index (χ1v) is 8.07. The quantitative estimate of drug-likeness (QED) is 0.899. The molecular weight excluding hydrogens is 290 g/mol. The van der Waals surface area contributed by atoms with Crippen molar-refractivity contribution in [2.45, 2.75) is 25.4 Å². The summed E-state index contributed by atoms with van der Waals surface area (Å²) < 4.78 is 1.95. The highest BCUT2D eigenvalue weighted by Crippen LogP contribution is 2.18. The largest absolute Gasteiger partial charge is 0.367 e. The monoisotopic (exact) mass is 315 g/mol. The predicted octanol–water partition coefficient (Wildman–Crippen LogP) is 1.35. The molecule has 7 heteroatoms. The summed E-state index contributed by atoms with van der Waals surface area (Å²) in [7, 11) is 5.98. The van der Waals surface area contributed by atoms with Gasteiger partial charge in [-0.15, -0.1) is 0 Å². The van der Waals surface area contributed by atoms with Crippen molar-refractivity contribution in [2.24, 2.45) is 7.05 Å². The van der Waals surface area contributed by atoms with E-state index in [4.69, 9.17) is 0 Å². The fraction of sp³-hybridized carbons (Fsp3) is 0.562. The van der Waals surface area contributed by atoms with Crippen molar-refractivity contribution in [2.75, 3.05) is 37.4 Å². The first-order valence-electron chi connectivity index (χ1n) is 8.07. The summed E-state index contributed by atoms with van der Waals surface area (Å²) in [5, 5.41) is 7.78. The molecule has 0 radical (unpaired) electrons. The van der Waals surface area contributed by atoms with E-state index in [0.29, 0.717) is 6.04 Å². The summed E-state index contributed by atoms with van der Waals surface area (Å²) in [5.41, 5.74) is 1.27. The SMILES string of the molecule is CN(C)c1cc(NC2CCN(Cc3ccnn3C)CC2)ncn1. The van der Waals surface area contributed by atoms with Gasteiger partial charge >= 0.3 is 0 Å².